The molecule has 1 N–H and O–H groups in total. The van der Waals surface area contributed by atoms with Gasteiger partial charge in [-0.2, -0.15) is 5.10 Å². The maximum absolute atomic E-state index is 5.23. The minimum absolute atomic E-state index is 0.851. The Balaban J connectivity index is 1.80. The van der Waals surface area contributed by atoms with Crippen molar-refractivity contribution in [1.29, 1.82) is 0 Å². The van der Waals surface area contributed by atoms with E-state index in [1.807, 2.05) is 41.6 Å². The van der Waals surface area contributed by atoms with E-state index in [1.165, 1.54) is 0 Å². The maximum Gasteiger partial charge on any atom is 0.137 e. The predicted octanol–water partition coefficient (Wildman–Crippen LogP) is 4.12. The van der Waals surface area contributed by atoms with Crippen molar-refractivity contribution in [3.63, 3.8) is 0 Å². The van der Waals surface area contributed by atoms with Crippen molar-refractivity contribution in [2.75, 3.05) is 7.11 Å². The van der Waals surface area contributed by atoms with Crippen molar-refractivity contribution in [3.05, 3.63) is 55.1 Å². The standard InChI is InChI=1S/C19H18N4O/c1-3-23-12-15(10-22-23)14-8-17-18(11-21-19(17)20-9-14)13-4-6-16(24-2)7-5-13/h4-12H,3H2,1-2H3,(H,20,21). The zero-order valence-electron chi connectivity index (χ0n) is 13.7. The lowest BCUT2D eigenvalue weighted by molar-refractivity contribution is 0.415. The van der Waals surface area contributed by atoms with Gasteiger partial charge in [0.2, 0.25) is 0 Å². The molecule has 0 aliphatic heterocycles. The van der Waals surface area contributed by atoms with Crippen LogP contribution < -0.4 is 4.74 Å². The van der Waals surface area contributed by atoms with Crippen LogP contribution in [0.4, 0.5) is 0 Å². The second-order valence-electron chi connectivity index (χ2n) is 5.64. The highest BCUT2D eigenvalue weighted by atomic mass is 16.5. The highest BCUT2D eigenvalue weighted by molar-refractivity contribution is 5.95. The van der Waals surface area contributed by atoms with Crippen LogP contribution in [0.5, 0.6) is 5.75 Å². The second-order valence-corrected chi connectivity index (χ2v) is 5.64. The van der Waals surface area contributed by atoms with Gasteiger partial charge in [0.15, 0.2) is 0 Å². The lowest BCUT2D eigenvalue weighted by Crippen LogP contribution is -1.92. The SMILES string of the molecule is CCn1cc(-c2cnc3[nH]cc(-c4ccc(OC)cc4)c3c2)cn1. The summed E-state index contributed by atoms with van der Waals surface area (Å²) in [6.07, 6.45) is 7.81. The van der Waals surface area contributed by atoms with Crippen LogP contribution >= 0.6 is 0 Å². The number of H-pyrrole nitrogens is 1. The number of nitrogens with one attached hydrogen (secondary N) is 1. The topological polar surface area (TPSA) is 55.7 Å². The van der Waals surface area contributed by atoms with Crippen molar-refractivity contribution in [2.24, 2.45) is 0 Å². The van der Waals surface area contributed by atoms with Gasteiger partial charge in [-0.3, -0.25) is 4.68 Å². The fourth-order valence-corrected chi connectivity index (χ4v) is 2.86. The second kappa shape index (κ2) is 5.85. The average Bonchev–Trinajstić information content (AvgIpc) is 3.28. The Morgan fingerprint density at radius 3 is 2.62 bits per heavy atom. The van der Waals surface area contributed by atoms with E-state index in [-0.39, 0.29) is 0 Å². The van der Waals surface area contributed by atoms with Gasteiger partial charge >= 0.3 is 0 Å². The number of hydrogen-bond donors (Lipinski definition) is 1. The van der Waals surface area contributed by atoms with Crippen LogP contribution in [0.15, 0.2) is 55.1 Å². The summed E-state index contributed by atoms with van der Waals surface area (Å²) in [5.41, 5.74) is 5.28. The van der Waals surface area contributed by atoms with Crippen molar-refractivity contribution in [1.82, 2.24) is 19.7 Å². The molecule has 120 valence electrons. The smallest absolute Gasteiger partial charge is 0.137 e. The number of ether oxygens (including phenoxy) is 1. The summed E-state index contributed by atoms with van der Waals surface area (Å²) in [4.78, 5) is 7.80. The summed E-state index contributed by atoms with van der Waals surface area (Å²) in [5.74, 6) is 0.851. The summed E-state index contributed by atoms with van der Waals surface area (Å²) in [5, 5.41) is 5.44. The molecule has 0 atom stereocenters. The van der Waals surface area contributed by atoms with Gasteiger partial charge in [-0.15, -0.1) is 0 Å². The van der Waals surface area contributed by atoms with E-state index in [0.717, 1.165) is 45.6 Å². The molecule has 4 aromatic rings. The first-order valence-corrected chi connectivity index (χ1v) is 7.93. The molecule has 0 aliphatic rings. The summed E-state index contributed by atoms with van der Waals surface area (Å²) in [7, 11) is 1.67. The van der Waals surface area contributed by atoms with Gasteiger partial charge in [-0.25, -0.2) is 4.98 Å². The largest absolute Gasteiger partial charge is 0.497 e. The lowest BCUT2D eigenvalue weighted by atomic mass is 10.0. The molecule has 0 fully saturated rings. The van der Waals surface area contributed by atoms with Crippen molar-refractivity contribution >= 4 is 11.0 Å². The molecule has 24 heavy (non-hydrogen) atoms. The average molecular weight is 318 g/mol. The molecule has 0 unspecified atom stereocenters. The number of methoxy groups -OCH3 is 1. The van der Waals surface area contributed by atoms with Gasteiger partial charge in [0.25, 0.3) is 0 Å². The van der Waals surface area contributed by atoms with Crippen LogP contribution in [0, 0.1) is 0 Å². The van der Waals surface area contributed by atoms with E-state index in [4.69, 9.17) is 4.74 Å². The Hall–Kier alpha value is -3.08. The first-order chi connectivity index (χ1) is 11.8. The number of aryl methyl sites for hydroxylation is 1. The fraction of sp³-hybridized carbons (Fsp3) is 0.158. The van der Waals surface area contributed by atoms with Gasteiger partial charge in [0.05, 0.1) is 13.3 Å². The van der Waals surface area contributed by atoms with Crippen LogP contribution in [0.3, 0.4) is 0 Å². The number of rotatable bonds is 4. The predicted molar refractivity (Wildman–Crippen MR) is 95.0 cm³/mol. The minimum atomic E-state index is 0.851. The van der Waals surface area contributed by atoms with E-state index >= 15 is 0 Å². The number of fused-ring (bicyclic) bond motifs is 1. The fourth-order valence-electron chi connectivity index (χ4n) is 2.86. The molecule has 0 saturated heterocycles. The molecular formula is C19H18N4O. The highest BCUT2D eigenvalue weighted by Crippen LogP contribution is 2.31. The Kier molecular flexibility index (Phi) is 3.54. The van der Waals surface area contributed by atoms with Crippen LogP contribution in [0.25, 0.3) is 33.3 Å². The Morgan fingerprint density at radius 2 is 1.92 bits per heavy atom. The van der Waals surface area contributed by atoms with E-state index in [2.05, 4.69) is 40.2 Å². The molecule has 0 spiro atoms. The molecule has 5 nitrogen and oxygen atoms in total. The highest BCUT2D eigenvalue weighted by Gasteiger charge is 2.10. The third-order valence-electron chi connectivity index (χ3n) is 4.22. The van der Waals surface area contributed by atoms with Crippen LogP contribution in [0.2, 0.25) is 0 Å². The quantitative estimate of drug-likeness (QED) is 0.616. The number of nitrogens with zero attached hydrogens (tertiary/aromatic N) is 3. The van der Waals surface area contributed by atoms with Crippen LogP contribution in [-0.4, -0.2) is 26.9 Å². The number of pyridine rings is 1. The summed E-state index contributed by atoms with van der Waals surface area (Å²) in [6, 6.07) is 10.2. The molecule has 3 aromatic heterocycles. The molecule has 1 aromatic carbocycles. The van der Waals surface area contributed by atoms with Gasteiger partial charge in [-0.05, 0) is 30.7 Å². The molecule has 0 aliphatic carbocycles. The Bertz CT molecular complexity index is 982. The Morgan fingerprint density at radius 1 is 1.08 bits per heavy atom. The summed E-state index contributed by atoms with van der Waals surface area (Å²) in [6.45, 7) is 2.93. The van der Waals surface area contributed by atoms with E-state index < -0.39 is 0 Å². The van der Waals surface area contributed by atoms with Gasteiger partial charge in [-0.1, -0.05) is 12.1 Å². The lowest BCUT2D eigenvalue weighted by Gasteiger charge is -2.03. The third-order valence-corrected chi connectivity index (χ3v) is 4.22. The molecule has 0 radical (unpaired) electrons. The zero-order valence-corrected chi connectivity index (χ0v) is 13.7. The van der Waals surface area contributed by atoms with E-state index in [1.54, 1.807) is 7.11 Å². The van der Waals surface area contributed by atoms with Crippen molar-refractivity contribution < 1.29 is 4.74 Å². The molecule has 4 rings (SSSR count). The first kappa shape index (κ1) is 14.5. The van der Waals surface area contributed by atoms with Crippen molar-refractivity contribution in [2.45, 2.75) is 13.5 Å². The molecule has 5 heteroatoms. The van der Waals surface area contributed by atoms with Gasteiger partial charge in [0.1, 0.15) is 11.4 Å². The zero-order chi connectivity index (χ0) is 16.5. The van der Waals surface area contributed by atoms with Crippen LogP contribution in [-0.2, 0) is 6.54 Å². The summed E-state index contributed by atoms with van der Waals surface area (Å²) < 4.78 is 7.15. The number of aromatic nitrogens is 4. The van der Waals surface area contributed by atoms with E-state index in [0.29, 0.717) is 0 Å². The number of aromatic amines is 1. The van der Waals surface area contributed by atoms with Crippen molar-refractivity contribution in [3.8, 4) is 28.0 Å². The maximum atomic E-state index is 5.23. The molecule has 0 amide bonds. The summed E-state index contributed by atoms with van der Waals surface area (Å²) >= 11 is 0. The van der Waals surface area contributed by atoms with E-state index in [9.17, 15) is 0 Å². The van der Waals surface area contributed by atoms with Gasteiger partial charge in [0, 0.05) is 47.2 Å². The Labute approximate surface area is 139 Å². The molecule has 3 heterocycles. The third kappa shape index (κ3) is 2.44. The number of hydrogen-bond acceptors (Lipinski definition) is 3. The number of benzene rings is 1. The monoisotopic (exact) mass is 318 g/mol. The molecule has 0 bridgehead atoms. The normalized spacial score (nSPS) is 11.1. The first-order valence-electron chi connectivity index (χ1n) is 7.93. The molecular weight excluding hydrogens is 300 g/mol. The van der Waals surface area contributed by atoms with Gasteiger partial charge < -0.3 is 9.72 Å². The molecule has 0 saturated carbocycles. The van der Waals surface area contributed by atoms with Crippen LogP contribution in [0.1, 0.15) is 6.92 Å². The minimum Gasteiger partial charge on any atom is -0.497 e.